The first-order valence-corrected chi connectivity index (χ1v) is 12.0. The van der Waals surface area contributed by atoms with Crippen LogP contribution >= 0.6 is 0 Å². The number of anilines is 2. The average Bonchev–Trinajstić information content (AvgIpc) is 3.40. The third kappa shape index (κ3) is 3.56. The third-order valence-electron chi connectivity index (χ3n) is 7.50. The third-order valence-corrected chi connectivity index (χ3v) is 7.50. The number of hydrogen-bond donors (Lipinski definition) is 1. The number of carbonyl (C=O) groups excluding carboxylic acids is 2. The van der Waals surface area contributed by atoms with Gasteiger partial charge in [-0.25, -0.2) is 0 Å². The normalized spacial score (nSPS) is 25.0. The van der Waals surface area contributed by atoms with Gasteiger partial charge in [-0.05, 0) is 57.7 Å². The van der Waals surface area contributed by atoms with Crippen LogP contribution in [0.15, 0.2) is 23.9 Å². The van der Waals surface area contributed by atoms with Crippen molar-refractivity contribution in [2.45, 2.75) is 58.1 Å². The Morgan fingerprint density at radius 3 is 2.44 bits per heavy atom. The van der Waals surface area contributed by atoms with E-state index in [-0.39, 0.29) is 23.5 Å². The number of carbonyl (C=O) groups is 2. The summed E-state index contributed by atoms with van der Waals surface area (Å²) in [6.45, 7) is 10.4. The predicted octanol–water partition coefficient (Wildman–Crippen LogP) is 2.75. The lowest BCUT2D eigenvalue weighted by atomic mass is 9.89. The molecule has 2 amide bonds. The molecule has 3 saturated heterocycles. The number of ether oxygens (including phenoxy) is 1. The summed E-state index contributed by atoms with van der Waals surface area (Å²) in [5, 5.41) is 3.58. The molecule has 0 unspecified atom stereocenters. The minimum atomic E-state index is -0.254. The van der Waals surface area contributed by atoms with Crippen LogP contribution < -0.4 is 15.1 Å². The summed E-state index contributed by atoms with van der Waals surface area (Å²) in [5.74, 6) is 0.184. The van der Waals surface area contributed by atoms with E-state index in [1.54, 1.807) is 6.92 Å². The maximum Gasteiger partial charge on any atom is 0.261 e. The van der Waals surface area contributed by atoms with Crippen LogP contribution in [0, 0.1) is 0 Å². The summed E-state index contributed by atoms with van der Waals surface area (Å²) in [5.41, 5.74) is 4.59. The molecule has 7 nitrogen and oxygen atoms in total. The highest BCUT2D eigenvalue weighted by molar-refractivity contribution is 6.33. The van der Waals surface area contributed by atoms with Crippen molar-refractivity contribution >= 4 is 28.8 Å². The summed E-state index contributed by atoms with van der Waals surface area (Å²) in [7, 11) is 0. The maximum atomic E-state index is 13.5. The minimum absolute atomic E-state index is 0.0574. The number of piperidine rings is 1. The van der Waals surface area contributed by atoms with Crippen LogP contribution in [0.5, 0.6) is 0 Å². The van der Waals surface area contributed by atoms with E-state index >= 15 is 0 Å². The van der Waals surface area contributed by atoms with Gasteiger partial charge in [0.15, 0.2) is 0 Å². The highest BCUT2D eigenvalue weighted by Crippen LogP contribution is 2.43. The summed E-state index contributed by atoms with van der Waals surface area (Å²) < 4.78 is 6.41. The molecule has 3 fully saturated rings. The number of nitrogens with zero attached hydrogens (tertiary/aromatic N) is 3. The zero-order valence-electron chi connectivity index (χ0n) is 19.4. The van der Waals surface area contributed by atoms with Gasteiger partial charge in [-0.15, -0.1) is 0 Å². The van der Waals surface area contributed by atoms with Crippen molar-refractivity contribution < 1.29 is 14.3 Å². The van der Waals surface area contributed by atoms with E-state index in [0.717, 1.165) is 61.5 Å². The number of nitrogens with one attached hydrogen (secondary N) is 1. The Morgan fingerprint density at radius 1 is 1.12 bits per heavy atom. The summed E-state index contributed by atoms with van der Waals surface area (Å²) in [4.78, 5) is 31.4. The quantitative estimate of drug-likeness (QED) is 0.720. The molecule has 4 aliphatic rings. The molecule has 0 atom stereocenters. The van der Waals surface area contributed by atoms with Gasteiger partial charge in [0.1, 0.15) is 0 Å². The molecule has 1 aromatic carbocycles. The topological polar surface area (TPSA) is 65.1 Å². The first kappa shape index (κ1) is 21.3. The monoisotopic (exact) mass is 438 g/mol. The molecule has 0 aromatic heterocycles. The zero-order valence-corrected chi connectivity index (χ0v) is 19.4. The molecule has 0 saturated carbocycles. The molecule has 7 heteroatoms. The number of amides is 2. The minimum Gasteiger partial charge on any atom is -0.383 e. The highest BCUT2D eigenvalue weighted by Gasteiger charge is 2.42. The van der Waals surface area contributed by atoms with Gasteiger partial charge >= 0.3 is 0 Å². The van der Waals surface area contributed by atoms with Gasteiger partial charge in [0, 0.05) is 56.9 Å². The van der Waals surface area contributed by atoms with E-state index in [1.165, 1.54) is 18.5 Å². The van der Waals surface area contributed by atoms with Crippen molar-refractivity contribution in [3.63, 3.8) is 0 Å². The van der Waals surface area contributed by atoms with Gasteiger partial charge in [0.05, 0.1) is 29.2 Å². The van der Waals surface area contributed by atoms with Crippen molar-refractivity contribution in [2.75, 3.05) is 49.1 Å². The summed E-state index contributed by atoms with van der Waals surface area (Å²) in [6.07, 6.45) is 4.09. The molecular formula is C25H34N4O3. The molecule has 5 rings (SSSR count). The smallest absolute Gasteiger partial charge is 0.261 e. The lowest BCUT2D eigenvalue weighted by Gasteiger charge is -2.44. The van der Waals surface area contributed by atoms with E-state index in [9.17, 15) is 9.59 Å². The van der Waals surface area contributed by atoms with Gasteiger partial charge in [-0.3, -0.25) is 9.59 Å². The largest absolute Gasteiger partial charge is 0.383 e. The molecular weight excluding hydrogens is 404 g/mol. The van der Waals surface area contributed by atoms with Crippen molar-refractivity contribution in [1.82, 2.24) is 10.2 Å². The van der Waals surface area contributed by atoms with E-state index < -0.39 is 0 Å². The zero-order chi connectivity index (χ0) is 22.5. The lowest BCUT2D eigenvalue weighted by molar-refractivity contribution is -0.137. The van der Waals surface area contributed by atoms with E-state index in [2.05, 4.69) is 42.3 Å². The van der Waals surface area contributed by atoms with Crippen LogP contribution in [-0.2, 0) is 14.3 Å². The van der Waals surface area contributed by atoms with Crippen molar-refractivity contribution in [2.24, 2.45) is 0 Å². The van der Waals surface area contributed by atoms with Crippen molar-refractivity contribution in [3.8, 4) is 0 Å². The lowest BCUT2D eigenvalue weighted by Crippen LogP contribution is -2.55. The van der Waals surface area contributed by atoms with Crippen molar-refractivity contribution in [1.29, 1.82) is 0 Å². The number of rotatable bonds is 2. The van der Waals surface area contributed by atoms with Gasteiger partial charge in [-0.1, -0.05) is 0 Å². The van der Waals surface area contributed by atoms with Crippen LogP contribution in [0.2, 0.25) is 0 Å². The Bertz CT molecular complexity index is 944. The fourth-order valence-corrected chi connectivity index (χ4v) is 5.56. The molecule has 4 heterocycles. The van der Waals surface area contributed by atoms with Crippen LogP contribution in [0.25, 0.3) is 5.57 Å². The second kappa shape index (κ2) is 8.10. The van der Waals surface area contributed by atoms with E-state index in [0.29, 0.717) is 13.2 Å². The van der Waals surface area contributed by atoms with E-state index in [1.807, 2.05) is 9.80 Å². The molecule has 4 aliphatic heterocycles. The predicted molar refractivity (Wildman–Crippen MR) is 126 cm³/mol. The van der Waals surface area contributed by atoms with Gasteiger partial charge < -0.3 is 24.8 Å². The van der Waals surface area contributed by atoms with Gasteiger partial charge in [-0.2, -0.15) is 0 Å². The second-order valence-electron chi connectivity index (χ2n) is 9.85. The Balaban J connectivity index is 1.43. The molecule has 1 spiro atoms. The van der Waals surface area contributed by atoms with Gasteiger partial charge in [0.25, 0.3) is 5.91 Å². The van der Waals surface area contributed by atoms with Crippen LogP contribution in [0.4, 0.5) is 11.4 Å². The molecule has 0 radical (unpaired) electrons. The number of benzene rings is 1. The fourth-order valence-electron chi connectivity index (χ4n) is 5.56. The number of fused-ring (bicyclic) bond motifs is 1. The Morgan fingerprint density at radius 2 is 1.84 bits per heavy atom. The Labute approximate surface area is 190 Å². The Kier molecular flexibility index (Phi) is 5.40. The van der Waals surface area contributed by atoms with Crippen LogP contribution in [-0.4, -0.2) is 67.7 Å². The second-order valence-corrected chi connectivity index (χ2v) is 9.85. The molecule has 1 N–H and O–H groups in total. The first-order chi connectivity index (χ1) is 15.4. The number of hydrogen-bond acceptors (Lipinski definition) is 5. The number of morpholine rings is 1. The summed E-state index contributed by atoms with van der Waals surface area (Å²) in [6, 6.07) is 6.55. The SMILES string of the molecule is CC(=O)N1CCC2(CC1)CN/C(=C1\C(=O)N(C(C)C)c3ccc(N4CCCC4)cc31)CO2. The number of likely N-dealkylation sites (tertiary alicyclic amines) is 1. The van der Waals surface area contributed by atoms with Gasteiger partial charge in [0.2, 0.25) is 5.91 Å². The standard InChI is InChI=1S/C25H34N4O3/c1-17(2)29-22-7-6-19(28-10-4-5-11-28)14-20(22)23(24(29)31)21-15-32-25(16-26-21)8-12-27(13-9-25)18(3)30/h6-7,14,17,26H,4-5,8-13,15-16H2,1-3H3/b23-21-. The molecule has 1 aromatic rings. The van der Waals surface area contributed by atoms with Crippen molar-refractivity contribution in [3.05, 3.63) is 29.5 Å². The Hall–Kier alpha value is -2.54. The molecule has 0 aliphatic carbocycles. The molecule has 0 bridgehead atoms. The first-order valence-electron chi connectivity index (χ1n) is 12.0. The fraction of sp³-hybridized carbons (Fsp3) is 0.600. The molecule has 32 heavy (non-hydrogen) atoms. The van der Waals surface area contributed by atoms with Crippen LogP contribution in [0.1, 0.15) is 52.0 Å². The van der Waals surface area contributed by atoms with E-state index in [4.69, 9.17) is 4.74 Å². The summed E-state index contributed by atoms with van der Waals surface area (Å²) >= 11 is 0. The molecule has 172 valence electrons. The van der Waals surface area contributed by atoms with Crippen LogP contribution in [0.3, 0.4) is 0 Å². The highest BCUT2D eigenvalue weighted by atomic mass is 16.5. The maximum absolute atomic E-state index is 13.5. The average molecular weight is 439 g/mol.